The molecule has 0 fully saturated rings. The quantitative estimate of drug-likeness (QED) is 0.566. The minimum Gasteiger partial charge on any atom is -0.258 e. The minimum absolute atomic E-state index is 0.138. The number of aromatic amines is 1. The molecule has 3 heteroatoms. The van der Waals surface area contributed by atoms with E-state index in [1.54, 1.807) is 0 Å². The molecule has 44 valence electrons. The molecule has 0 spiro atoms. The van der Waals surface area contributed by atoms with Crippen molar-refractivity contribution in [2.45, 2.75) is 0 Å². The molecule has 0 radical (unpaired) electrons. The molecule has 0 amide bonds. The highest BCUT2D eigenvalue weighted by Gasteiger charge is 1.90. The van der Waals surface area contributed by atoms with E-state index < -0.39 is 0 Å². The first-order valence-electron chi connectivity index (χ1n) is 4.40. The number of H-pyrrole nitrogens is 1. The molecule has 1 heterocycles. The Kier molecular flexibility index (Phi) is 0.361. The van der Waals surface area contributed by atoms with Crippen molar-refractivity contribution in [1.29, 1.82) is 0 Å². The average Bonchev–Trinajstić information content (AvgIpc) is 2.59. The van der Waals surface area contributed by atoms with Gasteiger partial charge in [-0.05, 0) is 12.1 Å². The Morgan fingerprint density at radius 1 is 1.44 bits per heavy atom. The summed E-state index contributed by atoms with van der Waals surface area (Å²) in [5.74, 6) is 0. The number of rotatable bonds is 0. The highest BCUT2D eigenvalue weighted by atomic mass is 15.3. The molecule has 0 unspecified atom stereocenters. The third-order valence-corrected chi connectivity index (χ3v) is 0.980. The number of aromatic nitrogens is 3. The van der Waals surface area contributed by atoms with Crippen LogP contribution in [0.1, 0.15) is 5.48 Å². The summed E-state index contributed by atoms with van der Waals surface area (Å²) in [4.78, 5) is 0. The van der Waals surface area contributed by atoms with Gasteiger partial charge < -0.3 is 0 Å². The molecule has 3 nitrogen and oxygen atoms in total. The molecule has 2 aromatic rings. The lowest BCUT2D eigenvalue weighted by atomic mass is 10.3. The van der Waals surface area contributed by atoms with E-state index in [0.717, 1.165) is 0 Å². The van der Waals surface area contributed by atoms with Crippen molar-refractivity contribution in [2.24, 2.45) is 0 Å². The second-order valence-corrected chi connectivity index (χ2v) is 1.54. The van der Waals surface area contributed by atoms with Crippen molar-refractivity contribution >= 4 is 11.0 Å². The van der Waals surface area contributed by atoms with Crippen LogP contribution < -0.4 is 0 Å². The monoisotopic (exact) mass is 123 g/mol. The van der Waals surface area contributed by atoms with Crippen LogP contribution >= 0.6 is 0 Å². The smallest absolute Gasteiger partial charge is 0.112 e. The van der Waals surface area contributed by atoms with Crippen LogP contribution in [-0.2, 0) is 0 Å². The summed E-state index contributed by atoms with van der Waals surface area (Å²) in [7, 11) is 0. The molecule has 1 aromatic carbocycles. The minimum atomic E-state index is -0.286. The maximum absolute atomic E-state index is 7.44. The molecule has 0 aliphatic heterocycles. The van der Waals surface area contributed by atoms with Gasteiger partial charge in [-0.1, -0.05) is 17.3 Å². The highest BCUT2D eigenvalue weighted by Crippen LogP contribution is 2.03. The van der Waals surface area contributed by atoms with E-state index in [-0.39, 0.29) is 35.2 Å². The molecule has 0 atom stereocenters. The number of nitrogens with zero attached hydrogens (tertiary/aromatic N) is 2. The summed E-state index contributed by atoms with van der Waals surface area (Å²) in [6.45, 7) is 0. The lowest BCUT2D eigenvalue weighted by Gasteiger charge is -1.79. The van der Waals surface area contributed by atoms with Gasteiger partial charge in [-0.3, -0.25) is 5.10 Å². The molecule has 0 aliphatic rings. The van der Waals surface area contributed by atoms with Crippen LogP contribution in [-0.4, -0.2) is 15.4 Å². The molecule has 0 saturated carbocycles. The summed E-state index contributed by atoms with van der Waals surface area (Å²) in [6, 6.07) is -0.860. The molecular formula is C6H5N3. The van der Waals surface area contributed by atoms with Crippen molar-refractivity contribution in [3.63, 3.8) is 0 Å². The molecule has 0 aliphatic carbocycles. The van der Waals surface area contributed by atoms with E-state index >= 15 is 0 Å². The normalized spacial score (nSPS) is 16.4. The Morgan fingerprint density at radius 3 is 3.33 bits per heavy atom. The lowest BCUT2D eigenvalue weighted by Crippen LogP contribution is -1.63. The SMILES string of the molecule is [2H]c1c([2H])c([2H])c2[nH]nnc2c1[2H]. The Morgan fingerprint density at radius 2 is 2.33 bits per heavy atom. The molecule has 0 bridgehead atoms. The van der Waals surface area contributed by atoms with E-state index in [1.807, 2.05) is 0 Å². The summed E-state index contributed by atoms with van der Waals surface area (Å²) in [5, 5.41) is 9.41. The summed E-state index contributed by atoms with van der Waals surface area (Å²) >= 11 is 0. The molecule has 1 N–H and O–H groups in total. The number of benzene rings is 1. The van der Waals surface area contributed by atoms with Crippen LogP contribution in [0.25, 0.3) is 11.0 Å². The predicted molar refractivity (Wildman–Crippen MR) is 33.9 cm³/mol. The van der Waals surface area contributed by atoms with Gasteiger partial charge in [0.25, 0.3) is 0 Å². The zero-order chi connectivity index (χ0) is 9.59. The first kappa shape index (κ1) is 2.10. The second-order valence-electron chi connectivity index (χ2n) is 1.54. The zero-order valence-corrected chi connectivity index (χ0v) is 4.39. The van der Waals surface area contributed by atoms with E-state index in [9.17, 15) is 0 Å². The maximum atomic E-state index is 7.44. The zero-order valence-electron chi connectivity index (χ0n) is 8.39. The molecule has 1 aromatic heterocycles. The van der Waals surface area contributed by atoms with Gasteiger partial charge in [-0.15, -0.1) is 5.10 Å². The number of hydrogen-bond donors (Lipinski definition) is 1. The summed E-state index contributed by atoms with van der Waals surface area (Å²) < 4.78 is 29.5. The molecule has 9 heavy (non-hydrogen) atoms. The number of hydrogen-bond acceptors (Lipinski definition) is 2. The van der Waals surface area contributed by atoms with Gasteiger partial charge in [0.05, 0.1) is 11.0 Å². The third-order valence-electron chi connectivity index (χ3n) is 0.980. The van der Waals surface area contributed by atoms with E-state index in [4.69, 9.17) is 5.48 Å². The fourth-order valence-corrected chi connectivity index (χ4v) is 0.587. The van der Waals surface area contributed by atoms with Gasteiger partial charge >= 0.3 is 0 Å². The van der Waals surface area contributed by atoms with Crippen LogP contribution in [0.4, 0.5) is 0 Å². The Labute approximate surface area is 57.3 Å². The second kappa shape index (κ2) is 1.55. The lowest BCUT2D eigenvalue weighted by molar-refractivity contribution is 0.959. The van der Waals surface area contributed by atoms with Crippen molar-refractivity contribution < 1.29 is 5.48 Å². The molecule has 2 rings (SSSR count). The first-order chi connectivity index (χ1) is 6.13. The third kappa shape index (κ3) is 0.579. The molecular weight excluding hydrogens is 114 g/mol. The van der Waals surface area contributed by atoms with Crippen LogP contribution in [0.5, 0.6) is 0 Å². The first-order valence-corrected chi connectivity index (χ1v) is 2.40. The van der Waals surface area contributed by atoms with Crippen molar-refractivity contribution in [2.75, 3.05) is 0 Å². The Balaban J connectivity index is 3.02. The van der Waals surface area contributed by atoms with E-state index in [1.165, 1.54) is 0 Å². The Hall–Kier alpha value is -1.38. The number of para-hydroxylation sites is 1. The predicted octanol–water partition coefficient (Wildman–Crippen LogP) is 0.958. The van der Waals surface area contributed by atoms with Gasteiger partial charge in [0.2, 0.25) is 0 Å². The number of fused-ring (bicyclic) bond motifs is 1. The molecule has 0 saturated heterocycles. The fourth-order valence-electron chi connectivity index (χ4n) is 0.587. The summed E-state index contributed by atoms with van der Waals surface area (Å²) in [5.41, 5.74) is 0.414. The topological polar surface area (TPSA) is 41.6 Å². The fraction of sp³-hybridized carbons (Fsp3) is 0. The van der Waals surface area contributed by atoms with Gasteiger partial charge in [0.15, 0.2) is 0 Å². The van der Waals surface area contributed by atoms with Crippen molar-refractivity contribution in [3.8, 4) is 0 Å². The van der Waals surface area contributed by atoms with Crippen LogP contribution in [0.2, 0.25) is 0 Å². The highest BCUT2D eigenvalue weighted by molar-refractivity contribution is 5.72. The van der Waals surface area contributed by atoms with Crippen molar-refractivity contribution in [3.05, 3.63) is 24.2 Å². The Bertz CT molecular complexity index is 436. The van der Waals surface area contributed by atoms with Crippen LogP contribution in [0.3, 0.4) is 0 Å². The van der Waals surface area contributed by atoms with E-state index in [2.05, 4.69) is 15.4 Å². The van der Waals surface area contributed by atoms with Gasteiger partial charge in [0.1, 0.15) is 5.52 Å². The van der Waals surface area contributed by atoms with Gasteiger partial charge in [0, 0.05) is 0 Å². The number of nitrogens with one attached hydrogen (secondary N) is 1. The maximum Gasteiger partial charge on any atom is 0.112 e. The van der Waals surface area contributed by atoms with Crippen molar-refractivity contribution in [1.82, 2.24) is 15.4 Å². The van der Waals surface area contributed by atoms with Crippen LogP contribution in [0.15, 0.2) is 24.2 Å². The van der Waals surface area contributed by atoms with Crippen LogP contribution in [0, 0.1) is 0 Å². The largest absolute Gasteiger partial charge is 0.258 e. The average molecular weight is 123 g/mol. The van der Waals surface area contributed by atoms with Gasteiger partial charge in [-0.2, -0.15) is 0 Å². The van der Waals surface area contributed by atoms with Gasteiger partial charge in [-0.25, -0.2) is 0 Å². The summed E-state index contributed by atoms with van der Waals surface area (Å²) in [6.07, 6.45) is 0. The standard InChI is InChI=1S/C6H5N3/c1-2-4-6-5(3-1)7-9-8-6/h1-4H,(H,7,8,9)/i1D,2D,3D,4D. The van der Waals surface area contributed by atoms with E-state index in [0.29, 0.717) is 0 Å².